The summed E-state index contributed by atoms with van der Waals surface area (Å²) in [5.74, 6) is -0.0834. The summed E-state index contributed by atoms with van der Waals surface area (Å²) in [6.45, 7) is 1.57. The van der Waals surface area contributed by atoms with Crippen molar-refractivity contribution in [2.24, 2.45) is 0 Å². The first-order valence-electron chi connectivity index (χ1n) is 5.78. The van der Waals surface area contributed by atoms with E-state index in [1.54, 1.807) is 4.90 Å². The van der Waals surface area contributed by atoms with Gasteiger partial charge in [0.2, 0.25) is 0 Å². The number of rotatable bonds is 1. The van der Waals surface area contributed by atoms with Crippen molar-refractivity contribution >= 4 is 29.0 Å². The first kappa shape index (κ1) is 11.2. The molecule has 1 aromatic heterocycles. The van der Waals surface area contributed by atoms with Crippen LogP contribution in [-0.2, 0) is 0 Å². The monoisotopic (exact) mass is 260 g/mol. The van der Waals surface area contributed by atoms with Crippen LogP contribution in [0.5, 0.6) is 0 Å². The van der Waals surface area contributed by atoms with Crippen LogP contribution in [0.15, 0.2) is 30.5 Å². The van der Waals surface area contributed by atoms with Crippen LogP contribution in [0.1, 0.15) is 16.9 Å². The molecule has 1 amide bonds. The lowest BCUT2D eigenvalue weighted by Gasteiger charge is -2.21. The highest BCUT2D eigenvalue weighted by Crippen LogP contribution is 2.28. The number of hydrogen-bond donors (Lipinski definition) is 1. The smallest absolute Gasteiger partial charge is 0.279 e. The molecule has 1 N–H and O–H groups in total. The quantitative estimate of drug-likeness (QED) is 0.852. The van der Waals surface area contributed by atoms with Gasteiger partial charge in [0.05, 0.1) is 29.3 Å². The van der Waals surface area contributed by atoms with Gasteiger partial charge in [-0.1, -0.05) is 12.1 Å². The Morgan fingerprint density at radius 2 is 2.28 bits per heavy atom. The minimum absolute atomic E-state index is 0.0834. The van der Waals surface area contributed by atoms with Crippen LogP contribution in [-0.4, -0.2) is 27.7 Å². The summed E-state index contributed by atoms with van der Waals surface area (Å²) in [6, 6.07) is 7.83. The minimum Gasteiger partial charge on any atom is -0.383 e. The Hall–Kier alpha value is -1.95. The molecule has 0 fully saturated rings. The number of hydrogen-bond acceptors (Lipinski definition) is 5. The summed E-state index contributed by atoms with van der Waals surface area (Å²) in [6.07, 6.45) is 2.44. The Morgan fingerprint density at radius 3 is 3.11 bits per heavy atom. The zero-order valence-corrected chi connectivity index (χ0v) is 10.5. The summed E-state index contributed by atoms with van der Waals surface area (Å²) in [7, 11) is 0. The average molecular weight is 260 g/mol. The van der Waals surface area contributed by atoms with Crippen LogP contribution in [0.2, 0.25) is 0 Å². The number of carbonyl (C=O) groups excluding carboxylic acids is 1. The summed E-state index contributed by atoms with van der Waals surface area (Å²) in [4.78, 5) is 14.1. The molecule has 92 valence electrons. The molecule has 1 aliphatic rings. The van der Waals surface area contributed by atoms with E-state index in [4.69, 9.17) is 0 Å². The van der Waals surface area contributed by atoms with Crippen LogP contribution in [0.25, 0.3) is 0 Å². The predicted octanol–water partition coefficient (Wildman–Crippen LogP) is 2.00. The molecule has 2 aromatic rings. The van der Waals surface area contributed by atoms with E-state index in [-0.39, 0.29) is 5.91 Å². The van der Waals surface area contributed by atoms with E-state index in [0.717, 1.165) is 36.1 Å². The summed E-state index contributed by atoms with van der Waals surface area (Å²) < 4.78 is 7.90. The Morgan fingerprint density at radius 1 is 1.39 bits per heavy atom. The highest BCUT2D eigenvalue weighted by atomic mass is 32.1. The minimum atomic E-state index is -0.0834. The van der Waals surface area contributed by atoms with Crippen LogP contribution in [0.4, 0.5) is 11.4 Å². The Bertz CT molecular complexity index is 555. The first-order chi connectivity index (χ1) is 8.86. The number of nitrogens with one attached hydrogen (secondary N) is 1. The van der Waals surface area contributed by atoms with E-state index in [1.165, 1.54) is 6.20 Å². The number of amides is 1. The number of anilines is 2. The number of fused-ring (bicyclic) bond motifs is 1. The van der Waals surface area contributed by atoms with Gasteiger partial charge in [-0.3, -0.25) is 4.79 Å². The van der Waals surface area contributed by atoms with E-state index in [2.05, 4.69) is 14.1 Å². The molecule has 0 atom stereocenters. The predicted molar refractivity (Wildman–Crippen MR) is 71.1 cm³/mol. The normalized spacial score (nSPS) is 14.6. The van der Waals surface area contributed by atoms with Crippen molar-refractivity contribution in [1.82, 2.24) is 8.75 Å². The maximum Gasteiger partial charge on any atom is 0.279 e. The van der Waals surface area contributed by atoms with Crippen molar-refractivity contribution in [2.45, 2.75) is 6.42 Å². The third-order valence-electron chi connectivity index (χ3n) is 2.89. The fraction of sp³-hybridized carbons (Fsp3) is 0.250. The van der Waals surface area contributed by atoms with Gasteiger partial charge in [0, 0.05) is 13.1 Å². The zero-order valence-electron chi connectivity index (χ0n) is 9.67. The van der Waals surface area contributed by atoms with Gasteiger partial charge in [-0.15, -0.1) is 0 Å². The molecule has 2 heterocycles. The van der Waals surface area contributed by atoms with E-state index in [0.29, 0.717) is 12.2 Å². The Labute approximate surface area is 109 Å². The first-order valence-corrected chi connectivity index (χ1v) is 6.51. The molecule has 6 heteroatoms. The SMILES string of the molecule is O=C(c1cnsn1)N1CCCNc2ccccc21. The molecule has 3 rings (SSSR count). The number of carbonyl (C=O) groups is 1. The average Bonchev–Trinajstić information content (AvgIpc) is 2.85. The van der Waals surface area contributed by atoms with E-state index >= 15 is 0 Å². The van der Waals surface area contributed by atoms with Gasteiger partial charge < -0.3 is 10.2 Å². The number of para-hydroxylation sites is 2. The van der Waals surface area contributed by atoms with Crippen molar-refractivity contribution in [1.29, 1.82) is 0 Å². The Balaban J connectivity index is 1.99. The van der Waals surface area contributed by atoms with Crippen molar-refractivity contribution in [3.8, 4) is 0 Å². The number of benzene rings is 1. The fourth-order valence-electron chi connectivity index (χ4n) is 2.05. The molecule has 1 aliphatic heterocycles. The van der Waals surface area contributed by atoms with Gasteiger partial charge >= 0.3 is 0 Å². The van der Waals surface area contributed by atoms with Gasteiger partial charge in [-0.25, -0.2) is 0 Å². The third-order valence-corrected chi connectivity index (χ3v) is 3.37. The van der Waals surface area contributed by atoms with Crippen LogP contribution < -0.4 is 10.2 Å². The molecule has 0 aliphatic carbocycles. The second-order valence-electron chi connectivity index (χ2n) is 4.05. The molecule has 0 unspecified atom stereocenters. The van der Waals surface area contributed by atoms with Gasteiger partial charge in [0.25, 0.3) is 5.91 Å². The van der Waals surface area contributed by atoms with E-state index in [9.17, 15) is 4.79 Å². The van der Waals surface area contributed by atoms with Crippen LogP contribution in [0, 0.1) is 0 Å². The molecule has 0 bridgehead atoms. The molecule has 0 spiro atoms. The van der Waals surface area contributed by atoms with E-state index < -0.39 is 0 Å². The standard InChI is InChI=1S/C12H12N4OS/c17-12(10-8-14-18-15-10)16-7-3-6-13-9-4-1-2-5-11(9)16/h1-2,4-5,8,13H,3,6-7H2. The van der Waals surface area contributed by atoms with Crippen molar-refractivity contribution in [2.75, 3.05) is 23.3 Å². The molecule has 0 saturated carbocycles. The summed E-state index contributed by atoms with van der Waals surface area (Å²) in [5, 5.41) is 3.33. The number of nitrogens with zero attached hydrogens (tertiary/aromatic N) is 3. The van der Waals surface area contributed by atoms with Crippen LogP contribution >= 0.6 is 11.7 Å². The Kier molecular flexibility index (Phi) is 2.93. The largest absolute Gasteiger partial charge is 0.383 e. The zero-order chi connectivity index (χ0) is 12.4. The van der Waals surface area contributed by atoms with Crippen LogP contribution in [0.3, 0.4) is 0 Å². The topological polar surface area (TPSA) is 58.1 Å². The molecule has 18 heavy (non-hydrogen) atoms. The summed E-state index contributed by atoms with van der Waals surface area (Å²) in [5.41, 5.74) is 2.32. The highest BCUT2D eigenvalue weighted by molar-refractivity contribution is 6.99. The highest BCUT2D eigenvalue weighted by Gasteiger charge is 2.23. The van der Waals surface area contributed by atoms with Gasteiger partial charge in [0.1, 0.15) is 0 Å². The molecule has 5 nitrogen and oxygen atoms in total. The summed E-state index contributed by atoms with van der Waals surface area (Å²) >= 11 is 1.06. The third kappa shape index (κ3) is 1.95. The second-order valence-corrected chi connectivity index (χ2v) is 4.60. The maximum absolute atomic E-state index is 12.4. The lowest BCUT2D eigenvalue weighted by molar-refractivity contribution is 0.0983. The van der Waals surface area contributed by atoms with Crippen molar-refractivity contribution in [3.63, 3.8) is 0 Å². The maximum atomic E-state index is 12.4. The number of aromatic nitrogens is 2. The second kappa shape index (κ2) is 4.73. The molecule has 0 radical (unpaired) electrons. The fourth-order valence-corrected chi connectivity index (χ4v) is 2.45. The van der Waals surface area contributed by atoms with Gasteiger partial charge in [-0.05, 0) is 18.6 Å². The van der Waals surface area contributed by atoms with E-state index in [1.807, 2.05) is 24.3 Å². The molecule has 0 saturated heterocycles. The van der Waals surface area contributed by atoms with Crippen molar-refractivity contribution < 1.29 is 4.79 Å². The molecular formula is C12H12N4OS. The molecular weight excluding hydrogens is 248 g/mol. The van der Waals surface area contributed by atoms with Gasteiger partial charge in [-0.2, -0.15) is 8.75 Å². The van der Waals surface area contributed by atoms with Gasteiger partial charge in [0.15, 0.2) is 5.69 Å². The molecule has 1 aromatic carbocycles. The lowest BCUT2D eigenvalue weighted by atomic mass is 10.2. The lowest BCUT2D eigenvalue weighted by Crippen LogP contribution is -2.31. The van der Waals surface area contributed by atoms with Crippen molar-refractivity contribution in [3.05, 3.63) is 36.2 Å².